The fraction of sp³-hybridized carbons (Fsp3) is 0.818. The van der Waals surface area contributed by atoms with Crippen molar-refractivity contribution in [1.29, 1.82) is 0 Å². The molecule has 0 aromatic heterocycles. The quantitative estimate of drug-likeness (QED) is 0.762. The van der Waals surface area contributed by atoms with E-state index in [-0.39, 0.29) is 11.1 Å². The zero-order chi connectivity index (χ0) is 10.8. The lowest BCUT2D eigenvalue weighted by Gasteiger charge is -2.49. The van der Waals surface area contributed by atoms with Crippen LogP contribution >= 0.6 is 11.6 Å². The Morgan fingerprint density at radius 2 is 2.00 bits per heavy atom. The van der Waals surface area contributed by atoms with Gasteiger partial charge in [0.05, 0.1) is 0 Å². The lowest BCUT2D eigenvalue weighted by Crippen LogP contribution is -2.65. The molecule has 14 heavy (non-hydrogen) atoms. The van der Waals surface area contributed by atoms with Crippen LogP contribution in [0.5, 0.6) is 0 Å². The highest BCUT2D eigenvalue weighted by Crippen LogP contribution is 2.22. The predicted molar refractivity (Wildman–Crippen MR) is 62.7 cm³/mol. The first-order valence-electron chi connectivity index (χ1n) is 5.13. The topological polar surface area (TPSA) is 15.3 Å². The lowest BCUT2D eigenvalue weighted by atomic mass is 9.91. The third-order valence-corrected chi connectivity index (χ3v) is 3.03. The highest BCUT2D eigenvalue weighted by Gasteiger charge is 2.36. The number of rotatable bonds is 2. The van der Waals surface area contributed by atoms with Crippen molar-refractivity contribution in [2.75, 3.05) is 19.6 Å². The monoisotopic (exact) mass is 216 g/mol. The van der Waals surface area contributed by atoms with Gasteiger partial charge in [-0.05, 0) is 27.7 Å². The molecule has 1 N–H and O–H groups in total. The third-order valence-electron chi connectivity index (χ3n) is 2.86. The van der Waals surface area contributed by atoms with Gasteiger partial charge in [-0.1, -0.05) is 17.7 Å². The minimum absolute atomic E-state index is 0.204. The molecule has 0 atom stereocenters. The molecule has 82 valence electrons. The Hall–Kier alpha value is -0.0500. The van der Waals surface area contributed by atoms with E-state index >= 15 is 0 Å². The summed E-state index contributed by atoms with van der Waals surface area (Å²) in [4.78, 5) is 2.46. The maximum Gasteiger partial charge on any atom is 0.0281 e. The van der Waals surface area contributed by atoms with Crippen molar-refractivity contribution in [1.82, 2.24) is 10.2 Å². The van der Waals surface area contributed by atoms with Gasteiger partial charge in [0.1, 0.15) is 0 Å². The summed E-state index contributed by atoms with van der Waals surface area (Å²) in [5.41, 5.74) is 2.02. The summed E-state index contributed by atoms with van der Waals surface area (Å²) in [6, 6.07) is 0. The van der Waals surface area contributed by atoms with Gasteiger partial charge in [0.2, 0.25) is 0 Å². The van der Waals surface area contributed by atoms with Crippen LogP contribution in [0.15, 0.2) is 11.6 Å². The first-order chi connectivity index (χ1) is 6.37. The Morgan fingerprint density at radius 3 is 2.57 bits per heavy atom. The molecule has 1 fully saturated rings. The van der Waals surface area contributed by atoms with E-state index in [2.05, 4.69) is 37.9 Å². The van der Waals surface area contributed by atoms with Crippen LogP contribution in [0.25, 0.3) is 0 Å². The Kier molecular flexibility index (Phi) is 3.62. The number of hydrogen-bond donors (Lipinski definition) is 1. The third kappa shape index (κ3) is 2.97. The van der Waals surface area contributed by atoms with Gasteiger partial charge >= 0.3 is 0 Å². The van der Waals surface area contributed by atoms with E-state index in [9.17, 15) is 0 Å². The van der Waals surface area contributed by atoms with E-state index in [4.69, 9.17) is 11.6 Å². The van der Waals surface area contributed by atoms with E-state index in [0.29, 0.717) is 0 Å². The van der Waals surface area contributed by atoms with E-state index < -0.39 is 0 Å². The molecule has 0 saturated carbocycles. The van der Waals surface area contributed by atoms with Crippen molar-refractivity contribution in [2.45, 2.75) is 38.8 Å². The van der Waals surface area contributed by atoms with Gasteiger partial charge in [0, 0.05) is 36.2 Å². The molecule has 0 aromatic carbocycles. The van der Waals surface area contributed by atoms with Gasteiger partial charge in [0.15, 0.2) is 0 Å². The van der Waals surface area contributed by atoms with Gasteiger partial charge in [0.25, 0.3) is 0 Å². The van der Waals surface area contributed by atoms with Crippen LogP contribution in [0.2, 0.25) is 0 Å². The van der Waals surface area contributed by atoms with Crippen LogP contribution < -0.4 is 5.32 Å². The standard InChI is InChI=1S/C11H21ClN2/c1-10(2)9-14(7-5-6-12)11(3,4)8-13-10/h5-6,13H,7-9H2,1-4H3/b6-5+. The number of halogens is 1. The van der Waals surface area contributed by atoms with Gasteiger partial charge in [-0.2, -0.15) is 0 Å². The Labute approximate surface area is 92.3 Å². The molecule has 0 amide bonds. The molecule has 1 heterocycles. The van der Waals surface area contributed by atoms with E-state index in [1.165, 1.54) is 0 Å². The average Bonchev–Trinajstić information content (AvgIpc) is 2.07. The van der Waals surface area contributed by atoms with Crippen molar-refractivity contribution in [3.05, 3.63) is 11.6 Å². The Balaban J connectivity index is 2.66. The summed E-state index contributed by atoms with van der Waals surface area (Å²) in [6.45, 7) is 12.0. The van der Waals surface area contributed by atoms with Gasteiger partial charge < -0.3 is 5.32 Å². The maximum atomic E-state index is 5.56. The Bertz CT molecular complexity index is 221. The molecule has 0 aliphatic carbocycles. The lowest BCUT2D eigenvalue weighted by molar-refractivity contribution is 0.0501. The number of nitrogens with zero attached hydrogens (tertiary/aromatic N) is 1. The molecule has 0 aromatic rings. The zero-order valence-corrected chi connectivity index (χ0v) is 10.4. The van der Waals surface area contributed by atoms with Gasteiger partial charge in [-0.15, -0.1) is 0 Å². The van der Waals surface area contributed by atoms with Crippen molar-refractivity contribution >= 4 is 11.6 Å². The SMILES string of the molecule is CC1(C)CN(C/C=C/Cl)C(C)(C)CN1. The van der Waals surface area contributed by atoms with E-state index in [1.54, 1.807) is 5.54 Å². The molecule has 1 saturated heterocycles. The molecule has 3 heteroatoms. The Morgan fingerprint density at radius 1 is 1.36 bits per heavy atom. The highest BCUT2D eigenvalue weighted by atomic mass is 35.5. The van der Waals surface area contributed by atoms with Gasteiger partial charge in [-0.25, -0.2) is 0 Å². The van der Waals surface area contributed by atoms with Gasteiger partial charge in [-0.3, -0.25) is 4.90 Å². The molecular formula is C11H21ClN2. The minimum atomic E-state index is 0.204. The summed E-state index contributed by atoms with van der Waals surface area (Å²) in [5.74, 6) is 0. The summed E-state index contributed by atoms with van der Waals surface area (Å²) in [5, 5.41) is 3.56. The smallest absolute Gasteiger partial charge is 0.0281 e. The van der Waals surface area contributed by atoms with E-state index in [1.807, 2.05) is 6.08 Å². The van der Waals surface area contributed by atoms with Crippen LogP contribution in [0.4, 0.5) is 0 Å². The second-order valence-corrected chi connectivity index (χ2v) is 5.54. The summed E-state index contributed by atoms with van der Waals surface area (Å²) in [6.07, 6.45) is 2.00. The van der Waals surface area contributed by atoms with Crippen molar-refractivity contribution < 1.29 is 0 Å². The first kappa shape index (κ1) is 12.0. The molecule has 0 spiro atoms. The normalized spacial score (nSPS) is 26.9. The summed E-state index contributed by atoms with van der Waals surface area (Å²) in [7, 11) is 0. The molecule has 1 aliphatic rings. The van der Waals surface area contributed by atoms with Crippen LogP contribution in [0.1, 0.15) is 27.7 Å². The van der Waals surface area contributed by atoms with Crippen LogP contribution in [-0.2, 0) is 0 Å². The number of nitrogens with one attached hydrogen (secondary N) is 1. The van der Waals surface area contributed by atoms with Crippen molar-refractivity contribution in [2.24, 2.45) is 0 Å². The average molecular weight is 217 g/mol. The fourth-order valence-corrected chi connectivity index (χ4v) is 1.87. The predicted octanol–water partition coefficient (Wildman–Crippen LogP) is 2.20. The molecular weight excluding hydrogens is 196 g/mol. The first-order valence-corrected chi connectivity index (χ1v) is 5.56. The minimum Gasteiger partial charge on any atom is -0.309 e. The molecule has 0 radical (unpaired) electrons. The van der Waals surface area contributed by atoms with Crippen LogP contribution in [0, 0.1) is 0 Å². The molecule has 1 aliphatic heterocycles. The molecule has 1 rings (SSSR count). The van der Waals surface area contributed by atoms with Crippen molar-refractivity contribution in [3.8, 4) is 0 Å². The highest BCUT2D eigenvalue weighted by molar-refractivity contribution is 6.25. The zero-order valence-electron chi connectivity index (χ0n) is 9.60. The fourth-order valence-electron chi connectivity index (χ4n) is 1.79. The molecule has 2 nitrogen and oxygen atoms in total. The summed E-state index contributed by atoms with van der Waals surface area (Å²) >= 11 is 5.56. The number of piperazine rings is 1. The maximum absolute atomic E-state index is 5.56. The summed E-state index contributed by atoms with van der Waals surface area (Å²) < 4.78 is 0. The van der Waals surface area contributed by atoms with Crippen LogP contribution in [-0.4, -0.2) is 35.6 Å². The van der Waals surface area contributed by atoms with E-state index in [0.717, 1.165) is 19.6 Å². The molecule has 0 unspecified atom stereocenters. The second-order valence-electron chi connectivity index (χ2n) is 5.29. The number of hydrogen-bond acceptors (Lipinski definition) is 2. The second kappa shape index (κ2) is 4.21. The largest absolute Gasteiger partial charge is 0.309 e. The van der Waals surface area contributed by atoms with Crippen molar-refractivity contribution in [3.63, 3.8) is 0 Å². The molecule has 0 bridgehead atoms. The van der Waals surface area contributed by atoms with Crippen LogP contribution in [0.3, 0.4) is 0 Å².